The van der Waals surface area contributed by atoms with Crippen molar-refractivity contribution in [2.75, 3.05) is 17.7 Å². The lowest BCUT2D eigenvalue weighted by atomic mass is 10.1. The number of nitrogens with one attached hydrogen (secondary N) is 2. The van der Waals surface area contributed by atoms with Gasteiger partial charge >= 0.3 is 0 Å². The Kier molecular flexibility index (Phi) is 4.98. The van der Waals surface area contributed by atoms with Gasteiger partial charge in [0.2, 0.25) is 0 Å². The predicted octanol–water partition coefficient (Wildman–Crippen LogP) is 4.57. The Labute approximate surface area is 135 Å². The second-order valence-electron chi connectivity index (χ2n) is 5.20. The van der Waals surface area contributed by atoms with Crippen LogP contribution in [0.2, 0.25) is 0 Å². The summed E-state index contributed by atoms with van der Waals surface area (Å²) in [6.07, 6.45) is 0. The van der Waals surface area contributed by atoms with E-state index in [4.69, 9.17) is 17.0 Å². The van der Waals surface area contributed by atoms with E-state index in [1.807, 2.05) is 13.8 Å². The second kappa shape index (κ2) is 6.75. The Morgan fingerprint density at radius 2 is 1.68 bits per heavy atom. The highest BCUT2D eigenvalue weighted by molar-refractivity contribution is 7.80. The maximum Gasteiger partial charge on any atom is 0.175 e. The number of rotatable bonds is 3. The molecule has 116 valence electrons. The molecule has 0 aliphatic heterocycles. The lowest BCUT2D eigenvalue weighted by molar-refractivity contribution is 0.387. The van der Waals surface area contributed by atoms with Crippen LogP contribution in [0.3, 0.4) is 0 Å². The van der Waals surface area contributed by atoms with Crippen molar-refractivity contribution in [2.24, 2.45) is 0 Å². The van der Waals surface area contributed by atoms with Crippen LogP contribution in [0.1, 0.15) is 16.7 Å². The Morgan fingerprint density at radius 3 is 2.23 bits per heavy atom. The number of hydrogen-bond acceptors (Lipinski definition) is 2. The Hall–Kier alpha value is -2.14. The first-order valence-electron chi connectivity index (χ1n) is 6.90. The zero-order valence-electron chi connectivity index (χ0n) is 13.1. The SMILES string of the molecule is COc1ccc(NC(=S)Nc2c(C)cc(C)cc2C)cc1F. The topological polar surface area (TPSA) is 33.3 Å². The van der Waals surface area contributed by atoms with Crippen molar-refractivity contribution >= 4 is 28.7 Å². The van der Waals surface area contributed by atoms with Crippen LogP contribution in [-0.2, 0) is 0 Å². The highest BCUT2D eigenvalue weighted by Gasteiger charge is 2.08. The number of methoxy groups -OCH3 is 1. The summed E-state index contributed by atoms with van der Waals surface area (Å²) in [5, 5.41) is 6.56. The number of aryl methyl sites for hydroxylation is 3. The highest BCUT2D eigenvalue weighted by atomic mass is 32.1. The summed E-state index contributed by atoms with van der Waals surface area (Å²) >= 11 is 5.30. The summed E-state index contributed by atoms with van der Waals surface area (Å²) in [5.41, 5.74) is 4.97. The molecule has 2 aromatic rings. The molecule has 0 bridgehead atoms. The summed E-state index contributed by atoms with van der Waals surface area (Å²) in [4.78, 5) is 0. The molecule has 0 amide bonds. The maximum absolute atomic E-state index is 13.7. The predicted molar refractivity (Wildman–Crippen MR) is 93.4 cm³/mol. The number of ether oxygens (including phenoxy) is 1. The monoisotopic (exact) mass is 318 g/mol. The van der Waals surface area contributed by atoms with Gasteiger partial charge in [0.1, 0.15) is 0 Å². The molecule has 0 saturated heterocycles. The maximum atomic E-state index is 13.7. The quantitative estimate of drug-likeness (QED) is 0.812. The first kappa shape index (κ1) is 16.2. The first-order valence-corrected chi connectivity index (χ1v) is 7.31. The number of hydrogen-bond donors (Lipinski definition) is 2. The molecule has 0 aromatic heterocycles. The van der Waals surface area contributed by atoms with E-state index in [0.29, 0.717) is 10.8 Å². The van der Waals surface area contributed by atoms with Gasteiger partial charge in [-0.05, 0) is 56.2 Å². The van der Waals surface area contributed by atoms with E-state index in [-0.39, 0.29) is 5.75 Å². The molecule has 3 nitrogen and oxygen atoms in total. The molecule has 0 aliphatic rings. The Balaban J connectivity index is 2.12. The number of halogens is 1. The minimum atomic E-state index is -0.432. The molecule has 0 atom stereocenters. The fourth-order valence-corrected chi connectivity index (χ4v) is 2.62. The summed E-state index contributed by atoms with van der Waals surface area (Å²) in [6.45, 7) is 6.11. The summed E-state index contributed by atoms with van der Waals surface area (Å²) in [6, 6.07) is 8.80. The Morgan fingerprint density at radius 1 is 1.05 bits per heavy atom. The largest absolute Gasteiger partial charge is 0.494 e. The lowest BCUT2D eigenvalue weighted by Gasteiger charge is -2.16. The van der Waals surface area contributed by atoms with E-state index in [1.54, 1.807) is 12.1 Å². The van der Waals surface area contributed by atoms with E-state index >= 15 is 0 Å². The molecular weight excluding hydrogens is 299 g/mol. The van der Waals surface area contributed by atoms with E-state index in [2.05, 4.69) is 29.7 Å². The van der Waals surface area contributed by atoms with Crippen LogP contribution in [0.4, 0.5) is 15.8 Å². The van der Waals surface area contributed by atoms with E-state index < -0.39 is 5.82 Å². The smallest absolute Gasteiger partial charge is 0.175 e. The third-order valence-electron chi connectivity index (χ3n) is 3.33. The van der Waals surface area contributed by atoms with E-state index in [0.717, 1.165) is 16.8 Å². The molecular formula is C17H19FN2OS. The van der Waals surface area contributed by atoms with Crippen molar-refractivity contribution < 1.29 is 9.13 Å². The van der Waals surface area contributed by atoms with Crippen LogP contribution in [0.25, 0.3) is 0 Å². The minimum absolute atomic E-state index is 0.203. The Bertz CT molecular complexity index is 693. The molecule has 22 heavy (non-hydrogen) atoms. The standard InChI is InChI=1S/C17H19FN2OS/c1-10-7-11(2)16(12(3)8-10)20-17(22)19-13-5-6-15(21-4)14(18)9-13/h5-9H,1-4H3,(H2,19,20,22). The highest BCUT2D eigenvalue weighted by Crippen LogP contribution is 2.23. The van der Waals surface area contributed by atoms with Crippen molar-refractivity contribution in [3.8, 4) is 5.75 Å². The van der Waals surface area contributed by atoms with Gasteiger partial charge in [-0.1, -0.05) is 17.7 Å². The number of thiocarbonyl (C=S) groups is 1. The van der Waals surface area contributed by atoms with Crippen LogP contribution < -0.4 is 15.4 Å². The van der Waals surface area contributed by atoms with Gasteiger partial charge in [-0.25, -0.2) is 4.39 Å². The van der Waals surface area contributed by atoms with Crippen LogP contribution in [0, 0.1) is 26.6 Å². The molecule has 0 radical (unpaired) electrons. The van der Waals surface area contributed by atoms with Gasteiger partial charge < -0.3 is 15.4 Å². The van der Waals surface area contributed by atoms with Crippen LogP contribution >= 0.6 is 12.2 Å². The molecule has 0 fully saturated rings. The van der Waals surface area contributed by atoms with Gasteiger partial charge in [0.15, 0.2) is 16.7 Å². The van der Waals surface area contributed by atoms with Crippen molar-refractivity contribution in [3.63, 3.8) is 0 Å². The van der Waals surface area contributed by atoms with Crippen molar-refractivity contribution in [1.82, 2.24) is 0 Å². The number of benzene rings is 2. The summed E-state index contributed by atoms with van der Waals surface area (Å²) in [7, 11) is 1.43. The molecule has 0 spiro atoms. The van der Waals surface area contributed by atoms with Gasteiger partial charge in [0.25, 0.3) is 0 Å². The van der Waals surface area contributed by atoms with Crippen LogP contribution in [0.5, 0.6) is 5.75 Å². The second-order valence-corrected chi connectivity index (χ2v) is 5.61. The lowest BCUT2D eigenvalue weighted by Crippen LogP contribution is -2.20. The molecule has 0 heterocycles. The average Bonchev–Trinajstić information content (AvgIpc) is 2.43. The van der Waals surface area contributed by atoms with Gasteiger partial charge in [-0.2, -0.15) is 0 Å². The normalized spacial score (nSPS) is 10.2. The zero-order valence-corrected chi connectivity index (χ0v) is 13.9. The third-order valence-corrected chi connectivity index (χ3v) is 3.53. The zero-order chi connectivity index (χ0) is 16.3. The molecule has 2 aromatic carbocycles. The van der Waals surface area contributed by atoms with Crippen molar-refractivity contribution in [2.45, 2.75) is 20.8 Å². The van der Waals surface area contributed by atoms with Crippen molar-refractivity contribution in [1.29, 1.82) is 0 Å². The van der Waals surface area contributed by atoms with Crippen LogP contribution in [0.15, 0.2) is 30.3 Å². The third kappa shape index (κ3) is 3.74. The first-order chi connectivity index (χ1) is 10.4. The fourth-order valence-electron chi connectivity index (χ4n) is 2.40. The summed E-state index contributed by atoms with van der Waals surface area (Å²) < 4.78 is 18.6. The molecule has 2 N–H and O–H groups in total. The molecule has 0 unspecified atom stereocenters. The molecule has 5 heteroatoms. The molecule has 0 aliphatic carbocycles. The van der Waals surface area contributed by atoms with Gasteiger partial charge in [0.05, 0.1) is 7.11 Å². The molecule has 0 saturated carbocycles. The molecule has 2 rings (SSSR count). The fraction of sp³-hybridized carbons (Fsp3) is 0.235. The van der Waals surface area contributed by atoms with Crippen molar-refractivity contribution in [3.05, 3.63) is 52.8 Å². The van der Waals surface area contributed by atoms with Gasteiger partial charge in [-0.3, -0.25) is 0 Å². The average molecular weight is 318 g/mol. The summed E-state index contributed by atoms with van der Waals surface area (Å²) in [5.74, 6) is -0.229. The van der Waals surface area contributed by atoms with E-state index in [1.165, 1.54) is 18.7 Å². The van der Waals surface area contributed by atoms with E-state index in [9.17, 15) is 4.39 Å². The minimum Gasteiger partial charge on any atom is -0.494 e. The van der Waals surface area contributed by atoms with Gasteiger partial charge in [-0.15, -0.1) is 0 Å². The number of anilines is 2. The van der Waals surface area contributed by atoms with Gasteiger partial charge in [0, 0.05) is 17.4 Å². The van der Waals surface area contributed by atoms with Crippen LogP contribution in [-0.4, -0.2) is 12.2 Å².